The summed E-state index contributed by atoms with van der Waals surface area (Å²) in [7, 11) is 1.59. The summed E-state index contributed by atoms with van der Waals surface area (Å²) >= 11 is 13.9. The van der Waals surface area contributed by atoms with E-state index in [0.717, 1.165) is 22.6 Å². The van der Waals surface area contributed by atoms with Gasteiger partial charge in [0.15, 0.2) is 0 Å². The lowest BCUT2D eigenvalue weighted by atomic mass is 10.1. The van der Waals surface area contributed by atoms with Crippen molar-refractivity contribution in [3.8, 4) is 0 Å². The van der Waals surface area contributed by atoms with Gasteiger partial charge < -0.3 is 10.2 Å². The maximum atomic E-state index is 13.0. The molecule has 29 heavy (non-hydrogen) atoms. The Morgan fingerprint density at radius 3 is 2.41 bits per heavy atom. The van der Waals surface area contributed by atoms with E-state index in [-0.39, 0.29) is 11.8 Å². The van der Waals surface area contributed by atoms with Gasteiger partial charge in [0, 0.05) is 35.0 Å². The van der Waals surface area contributed by atoms with Crippen LogP contribution in [0.2, 0.25) is 10.0 Å². The van der Waals surface area contributed by atoms with E-state index in [0.29, 0.717) is 29.4 Å². The van der Waals surface area contributed by atoms with Crippen LogP contribution in [0.3, 0.4) is 0 Å². The van der Waals surface area contributed by atoms with Gasteiger partial charge in [-0.1, -0.05) is 48.3 Å². The Morgan fingerprint density at radius 2 is 1.79 bits per heavy atom. The number of carbonyl (C=O) groups excluding carboxylic acids is 2. The number of benzene rings is 2. The molecule has 0 aliphatic heterocycles. The molecular weight excluding hydrogens is 427 g/mol. The van der Waals surface area contributed by atoms with Crippen LogP contribution in [0.1, 0.15) is 31.7 Å². The molecule has 0 aromatic heterocycles. The predicted octanol–water partition coefficient (Wildman–Crippen LogP) is 5.42. The third kappa shape index (κ3) is 7.25. The van der Waals surface area contributed by atoms with Crippen molar-refractivity contribution < 1.29 is 9.59 Å². The standard InChI is InChI=1S/C22H26Cl2N2O2S/c1-3-20(22(28)25-2)26(15-16-7-4-5-8-19(16)24)21(27)9-6-14-29-18-12-10-17(23)11-13-18/h4-5,7-8,10-13,20H,3,6,9,14-15H2,1-2H3,(H,25,28). The van der Waals surface area contributed by atoms with Crippen LogP contribution in [-0.2, 0) is 16.1 Å². The van der Waals surface area contributed by atoms with Crippen LogP contribution in [0.15, 0.2) is 53.4 Å². The Hall–Kier alpha value is -1.69. The average molecular weight is 453 g/mol. The molecule has 2 rings (SSSR count). The molecule has 2 amide bonds. The predicted molar refractivity (Wildman–Crippen MR) is 122 cm³/mol. The molecule has 0 aliphatic carbocycles. The Morgan fingerprint density at radius 1 is 1.10 bits per heavy atom. The van der Waals surface area contributed by atoms with Gasteiger partial charge in [-0.05, 0) is 54.5 Å². The van der Waals surface area contributed by atoms with Crippen LogP contribution in [0.5, 0.6) is 0 Å². The van der Waals surface area contributed by atoms with E-state index in [2.05, 4.69) is 5.32 Å². The van der Waals surface area contributed by atoms with Crippen LogP contribution in [0.4, 0.5) is 0 Å². The van der Waals surface area contributed by atoms with Gasteiger partial charge in [0.25, 0.3) is 0 Å². The first-order valence-electron chi connectivity index (χ1n) is 9.59. The summed E-state index contributed by atoms with van der Waals surface area (Å²) < 4.78 is 0. The lowest BCUT2D eigenvalue weighted by molar-refractivity contribution is -0.141. The van der Waals surface area contributed by atoms with Crippen molar-refractivity contribution in [2.45, 2.75) is 43.7 Å². The fraction of sp³-hybridized carbons (Fsp3) is 0.364. The monoisotopic (exact) mass is 452 g/mol. The van der Waals surface area contributed by atoms with Crippen molar-refractivity contribution >= 4 is 46.8 Å². The van der Waals surface area contributed by atoms with Crippen LogP contribution < -0.4 is 5.32 Å². The molecule has 2 aromatic carbocycles. The molecule has 1 N–H and O–H groups in total. The summed E-state index contributed by atoms with van der Waals surface area (Å²) in [5.41, 5.74) is 0.834. The Balaban J connectivity index is 2.02. The molecular formula is C22H26Cl2N2O2S. The highest BCUT2D eigenvalue weighted by Gasteiger charge is 2.28. The summed E-state index contributed by atoms with van der Waals surface area (Å²) in [6.45, 7) is 2.22. The summed E-state index contributed by atoms with van der Waals surface area (Å²) in [5.74, 6) is 0.602. The maximum absolute atomic E-state index is 13.0. The number of amides is 2. The number of carbonyl (C=O) groups is 2. The zero-order chi connectivity index (χ0) is 21.2. The number of hydrogen-bond donors (Lipinski definition) is 1. The van der Waals surface area contributed by atoms with Gasteiger partial charge in [-0.2, -0.15) is 0 Å². The van der Waals surface area contributed by atoms with E-state index in [9.17, 15) is 9.59 Å². The first kappa shape index (κ1) is 23.6. The van der Waals surface area contributed by atoms with E-state index in [1.807, 2.05) is 49.4 Å². The van der Waals surface area contributed by atoms with Crippen molar-refractivity contribution in [1.29, 1.82) is 0 Å². The number of rotatable bonds is 10. The molecule has 2 aromatic rings. The minimum absolute atomic E-state index is 0.0444. The smallest absolute Gasteiger partial charge is 0.242 e. The van der Waals surface area contributed by atoms with Gasteiger partial charge in [-0.3, -0.25) is 9.59 Å². The highest BCUT2D eigenvalue weighted by Crippen LogP contribution is 2.23. The molecule has 0 saturated heterocycles. The van der Waals surface area contributed by atoms with Gasteiger partial charge in [0.05, 0.1) is 0 Å². The van der Waals surface area contributed by atoms with Crippen molar-refractivity contribution in [1.82, 2.24) is 10.2 Å². The lowest BCUT2D eigenvalue weighted by Gasteiger charge is -2.30. The molecule has 0 bridgehead atoms. The highest BCUT2D eigenvalue weighted by atomic mass is 35.5. The Labute approximate surface area is 187 Å². The first-order valence-corrected chi connectivity index (χ1v) is 11.3. The molecule has 0 heterocycles. The SMILES string of the molecule is CCC(C(=O)NC)N(Cc1ccccc1Cl)C(=O)CCCSc1ccc(Cl)cc1. The lowest BCUT2D eigenvalue weighted by Crippen LogP contribution is -2.48. The topological polar surface area (TPSA) is 49.4 Å². The fourth-order valence-electron chi connectivity index (χ4n) is 2.98. The van der Waals surface area contributed by atoms with Crippen molar-refractivity contribution in [2.75, 3.05) is 12.8 Å². The number of thioether (sulfide) groups is 1. The van der Waals surface area contributed by atoms with Crippen LogP contribution in [-0.4, -0.2) is 35.6 Å². The van der Waals surface area contributed by atoms with Crippen LogP contribution in [0.25, 0.3) is 0 Å². The van der Waals surface area contributed by atoms with Gasteiger partial charge in [-0.25, -0.2) is 0 Å². The van der Waals surface area contributed by atoms with Crippen molar-refractivity contribution in [2.24, 2.45) is 0 Å². The minimum Gasteiger partial charge on any atom is -0.357 e. The molecule has 0 radical (unpaired) electrons. The van der Waals surface area contributed by atoms with Gasteiger partial charge in [-0.15, -0.1) is 11.8 Å². The molecule has 0 saturated carbocycles. The van der Waals surface area contributed by atoms with Gasteiger partial charge in [0.2, 0.25) is 11.8 Å². The van der Waals surface area contributed by atoms with Gasteiger partial charge in [0.1, 0.15) is 6.04 Å². The highest BCUT2D eigenvalue weighted by molar-refractivity contribution is 7.99. The van der Waals surface area contributed by atoms with Gasteiger partial charge >= 0.3 is 0 Å². The molecule has 0 fully saturated rings. The molecule has 7 heteroatoms. The second-order valence-corrected chi connectivity index (χ2v) is 8.57. The zero-order valence-electron chi connectivity index (χ0n) is 16.7. The second kappa shape index (κ2) is 12.1. The normalized spacial score (nSPS) is 11.7. The number of likely N-dealkylation sites (N-methyl/N-ethyl adjacent to an activating group) is 1. The van der Waals surface area contributed by atoms with E-state index in [1.165, 1.54) is 0 Å². The van der Waals surface area contributed by atoms with E-state index in [4.69, 9.17) is 23.2 Å². The Bertz CT molecular complexity index is 815. The second-order valence-electron chi connectivity index (χ2n) is 6.56. The Kier molecular flexibility index (Phi) is 9.85. The summed E-state index contributed by atoms with van der Waals surface area (Å²) in [6, 6.07) is 14.5. The number of nitrogens with one attached hydrogen (secondary N) is 1. The van der Waals surface area contributed by atoms with E-state index in [1.54, 1.807) is 29.8 Å². The zero-order valence-corrected chi connectivity index (χ0v) is 19.0. The quantitative estimate of drug-likeness (QED) is 0.386. The molecule has 156 valence electrons. The van der Waals surface area contributed by atoms with E-state index >= 15 is 0 Å². The molecule has 0 aliphatic rings. The third-order valence-electron chi connectivity index (χ3n) is 4.55. The molecule has 1 unspecified atom stereocenters. The van der Waals surface area contributed by atoms with Crippen molar-refractivity contribution in [3.05, 3.63) is 64.1 Å². The van der Waals surface area contributed by atoms with E-state index < -0.39 is 6.04 Å². The van der Waals surface area contributed by atoms with Crippen molar-refractivity contribution in [3.63, 3.8) is 0 Å². The molecule has 4 nitrogen and oxygen atoms in total. The number of halogens is 2. The van der Waals surface area contributed by atoms with Crippen LogP contribution >= 0.6 is 35.0 Å². The summed E-state index contributed by atoms with van der Waals surface area (Å²) in [5, 5.41) is 3.97. The first-order chi connectivity index (χ1) is 14.0. The molecule has 1 atom stereocenters. The largest absolute Gasteiger partial charge is 0.357 e. The minimum atomic E-state index is -0.521. The third-order valence-corrected chi connectivity index (χ3v) is 6.27. The average Bonchev–Trinajstić information content (AvgIpc) is 2.73. The van der Waals surface area contributed by atoms with Crippen LogP contribution in [0, 0.1) is 0 Å². The molecule has 0 spiro atoms. The summed E-state index contributed by atoms with van der Waals surface area (Å²) in [6.07, 6.45) is 1.63. The number of hydrogen-bond acceptors (Lipinski definition) is 3. The number of nitrogens with zero attached hydrogens (tertiary/aromatic N) is 1. The maximum Gasteiger partial charge on any atom is 0.242 e. The summed E-state index contributed by atoms with van der Waals surface area (Å²) in [4.78, 5) is 28.1. The fourth-order valence-corrected chi connectivity index (χ4v) is 4.16.